The maximum Gasteiger partial charge on any atom is 0.328 e. The van der Waals surface area contributed by atoms with E-state index in [4.69, 9.17) is 5.11 Å². The van der Waals surface area contributed by atoms with Crippen molar-refractivity contribution >= 4 is 17.8 Å². The first kappa shape index (κ1) is 13.7. The maximum atomic E-state index is 11.3. The highest BCUT2D eigenvalue weighted by molar-refractivity contribution is 5.91. The molecule has 0 aliphatic heterocycles. The van der Waals surface area contributed by atoms with Gasteiger partial charge in [0.2, 0.25) is 5.91 Å². The van der Waals surface area contributed by atoms with Crippen LogP contribution in [-0.4, -0.2) is 45.8 Å². The Labute approximate surface area is 103 Å². The van der Waals surface area contributed by atoms with Crippen LogP contribution in [0.15, 0.2) is 12.3 Å². The second kappa shape index (κ2) is 5.80. The second-order valence-corrected chi connectivity index (χ2v) is 3.59. The summed E-state index contributed by atoms with van der Waals surface area (Å²) in [5.41, 5.74) is 0.185. The lowest BCUT2D eigenvalue weighted by molar-refractivity contribution is -0.142. The summed E-state index contributed by atoms with van der Waals surface area (Å²) in [4.78, 5) is 33.0. The number of carboxylic acid groups (broad SMARTS) is 1. The third-order valence-electron chi connectivity index (χ3n) is 2.15. The number of hydrogen-bond acceptors (Lipinski definition) is 4. The largest absolute Gasteiger partial charge is 0.480 e. The minimum absolute atomic E-state index is 0.0497. The van der Waals surface area contributed by atoms with Crippen LogP contribution in [0.5, 0.6) is 0 Å². The van der Waals surface area contributed by atoms with Gasteiger partial charge in [-0.05, 0) is 6.07 Å². The zero-order valence-electron chi connectivity index (χ0n) is 10.0. The topological polar surface area (TPSA) is 113 Å². The second-order valence-electron chi connectivity index (χ2n) is 3.59. The molecule has 8 nitrogen and oxygen atoms in total. The average molecular weight is 254 g/mol. The fraction of sp³-hybridized carbons (Fsp3) is 0.400. The van der Waals surface area contributed by atoms with Gasteiger partial charge in [-0.2, -0.15) is 5.10 Å². The Balaban J connectivity index is 2.75. The fourth-order valence-corrected chi connectivity index (χ4v) is 1.33. The zero-order valence-corrected chi connectivity index (χ0v) is 10.0. The summed E-state index contributed by atoms with van der Waals surface area (Å²) in [6, 6.07) is 0.380. The summed E-state index contributed by atoms with van der Waals surface area (Å²) in [6.07, 6.45) is 1.47. The lowest BCUT2D eigenvalue weighted by Crippen LogP contribution is -2.42. The van der Waals surface area contributed by atoms with Crippen LogP contribution < -0.4 is 10.6 Å². The number of rotatable bonds is 5. The van der Waals surface area contributed by atoms with E-state index in [2.05, 4.69) is 15.7 Å². The van der Waals surface area contributed by atoms with Gasteiger partial charge in [0.05, 0.1) is 6.54 Å². The molecule has 0 bridgehead atoms. The Bertz CT molecular complexity index is 468. The summed E-state index contributed by atoms with van der Waals surface area (Å²) in [5.74, 6) is -1.97. The molecular weight excluding hydrogens is 240 g/mol. The third kappa shape index (κ3) is 3.58. The molecule has 1 atom stereocenters. The molecule has 2 amide bonds. The van der Waals surface area contributed by atoms with Gasteiger partial charge in [0, 0.05) is 20.2 Å². The fourth-order valence-electron chi connectivity index (χ4n) is 1.33. The number of aromatic nitrogens is 2. The van der Waals surface area contributed by atoms with E-state index in [1.54, 1.807) is 0 Å². The monoisotopic (exact) mass is 254 g/mol. The maximum absolute atomic E-state index is 11.3. The molecule has 0 radical (unpaired) electrons. The SMILES string of the molecule is CNC(=O)c1ccn(CC(NC(C)=O)C(=O)O)n1. The molecule has 0 saturated carbocycles. The van der Waals surface area contributed by atoms with E-state index in [1.165, 1.54) is 30.9 Å². The van der Waals surface area contributed by atoms with Crippen LogP contribution in [0.25, 0.3) is 0 Å². The molecule has 0 aliphatic carbocycles. The molecule has 3 N–H and O–H groups in total. The molecule has 1 heterocycles. The molecule has 98 valence electrons. The summed E-state index contributed by atoms with van der Waals surface area (Å²) >= 11 is 0. The summed E-state index contributed by atoms with van der Waals surface area (Å²) in [7, 11) is 1.47. The molecule has 0 aliphatic rings. The van der Waals surface area contributed by atoms with Crippen LogP contribution in [-0.2, 0) is 16.1 Å². The highest BCUT2D eigenvalue weighted by atomic mass is 16.4. The normalized spacial score (nSPS) is 11.7. The van der Waals surface area contributed by atoms with Gasteiger partial charge in [-0.25, -0.2) is 4.79 Å². The van der Waals surface area contributed by atoms with Crippen molar-refractivity contribution in [2.75, 3.05) is 7.05 Å². The molecule has 0 aromatic carbocycles. The first-order valence-electron chi connectivity index (χ1n) is 5.19. The smallest absolute Gasteiger partial charge is 0.328 e. The van der Waals surface area contributed by atoms with Gasteiger partial charge in [-0.15, -0.1) is 0 Å². The molecule has 1 rings (SSSR count). The number of carboxylic acids is 1. The van der Waals surface area contributed by atoms with E-state index in [9.17, 15) is 14.4 Å². The molecule has 1 aromatic heterocycles. The minimum Gasteiger partial charge on any atom is -0.480 e. The average Bonchev–Trinajstić information content (AvgIpc) is 2.75. The highest BCUT2D eigenvalue weighted by Crippen LogP contribution is 1.98. The molecular formula is C10H14N4O4. The van der Waals surface area contributed by atoms with Crippen molar-refractivity contribution < 1.29 is 19.5 Å². The predicted octanol–water partition coefficient (Wildman–Crippen LogP) is -1.17. The van der Waals surface area contributed by atoms with Crippen molar-refractivity contribution in [1.29, 1.82) is 0 Å². The Morgan fingerprint density at radius 3 is 2.67 bits per heavy atom. The van der Waals surface area contributed by atoms with Gasteiger partial charge in [0.15, 0.2) is 0 Å². The minimum atomic E-state index is -1.16. The Kier molecular flexibility index (Phi) is 4.41. The van der Waals surface area contributed by atoms with Crippen molar-refractivity contribution in [3.8, 4) is 0 Å². The van der Waals surface area contributed by atoms with Gasteiger partial charge in [-0.1, -0.05) is 0 Å². The van der Waals surface area contributed by atoms with Gasteiger partial charge in [-0.3, -0.25) is 14.3 Å². The van der Waals surface area contributed by atoms with Crippen molar-refractivity contribution in [1.82, 2.24) is 20.4 Å². The van der Waals surface area contributed by atoms with Gasteiger partial charge < -0.3 is 15.7 Å². The van der Waals surface area contributed by atoms with Gasteiger partial charge in [0.1, 0.15) is 11.7 Å². The molecule has 1 aromatic rings. The quantitative estimate of drug-likeness (QED) is 0.613. The lowest BCUT2D eigenvalue weighted by Gasteiger charge is -2.12. The lowest BCUT2D eigenvalue weighted by atomic mass is 10.3. The van der Waals surface area contributed by atoms with E-state index in [1.807, 2.05) is 0 Å². The van der Waals surface area contributed by atoms with Crippen LogP contribution >= 0.6 is 0 Å². The standard InChI is InChI=1S/C10H14N4O4/c1-6(15)12-8(10(17)18)5-14-4-3-7(13-14)9(16)11-2/h3-4,8H,5H2,1-2H3,(H,11,16)(H,12,15)(H,17,18). The summed E-state index contributed by atoms with van der Waals surface area (Å²) in [5, 5.41) is 17.5. The van der Waals surface area contributed by atoms with Crippen LogP contribution in [0.2, 0.25) is 0 Å². The Morgan fingerprint density at radius 1 is 1.50 bits per heavy atom. The number of aliphatic carboxylic acids is 1. The molecule has 0 spiro atoms. The van der Waals surface area contributed by atoms with Gasteiger partial charge in [0.25, 0.3) is 5.91 Å². The Hall–Kier alpha value is -2.38. The number of nitrogens with zero attached hydrogens (tertiary/aromatic N) is 2. The van der Waals surface area contributed by atoms with Crippen molar-refractivity contribution in [3.63, 3.8) is 0 Å². The zero-order chi connectivity index (χ0) is 13.7. The van der Waals surface area contributed by atoms with Crippen LogP contribution in [0.4, 0.5) is 0 Å². The molecule has 1 unspecified atom stereocenters. The van der Waals surface area contributed by atoms with E-state index >= 15 is 0 Å². The van der Waals surface area contributed by atoms with E-state index in [0.29, 0.717) is 0 Å². The van der Waals surface area contributed by atoms with Gasteiger partial charge >= 0.3 is 5.97 Å². The van der Waals surface area contributed by atoms with Crippen molar-refractivity contribution in [3.05, 3.63) is 18.0 Å². The number of carbonyl (C=O) groups is 3. The van der Waals surface area contributed by atoms with E-state index in [0.717, 1.165) is 0 Å². The van der Waals surface area contributed by atoms with Crippen LogP contribution in [0, 0.1) is 0 Å². The Morgan fingerprint density at radius 2 is 2.17 bits per heavy atom. The van der Waals surface area contributed by atoms with Crippen molar-refractivity contribution in [2.24, 2.45) is 0 Å². The first-order valence-corrected chi connectivity index (χ1v) is 5.19. The molecule has 0 fully saturated rings. The third-order valence-corrected chi connectivity index (χ3v) is 2.15. The van der Waals surface area contributed by atoms with Crippen molar-refractivity contribution in [2.45, 2.75) is 19.5 Å². The summed E-state index contributed by atoms with van der Waals surface area (Å²) < 4.78 is 1.29. The molecule has 8 heteroatoms. The number of nitrogens with one attached hydrogen (secondary N) is 2. The van der Waals surface area contributed by atoms with E-state index in [-0.39, 0.29) is 18.1 Å². The number of amides is 2. The summed E-state index contributed by atoms with van der Waals surface area (Å²) in [6.45, 7) is 1.18. The highest BCUT2D eigenvalue weighted by Gasteiger charge is 2.19. The first-order chi connectivity index (χ1) is 8.43. The number of carbonyl (C=O) groups excluding carboxylic acids is 2. The van der Waals surface area contributed by atoms with Crippen LogP contribution in [0.1, 0.15) is 17.4 Å². The number of hydrogen-bond donors (Lipinski definition) is 3. The molecule has 18 heavy (non-hydrogen) atoms. The molecule has 0 saturated heterocycles. The predicted molar refractivity (Wildman–Crippen MR) is 60.9 cm³/mol. The van der Waals surface area contributed by atoms with E-state index < -0.39 is 17.9 Å². The van der Waals surface area contributed by atoms with Crippen LogP contribution in [0.3, 0.4) is 0 Å².